The number of carbonyl (C=O) groups excluding carboxylic acids is 1. The first kappa shape index (κ1) is 31.7. The lowest BCUT2D eigenvalue weighted by molar-refractivity contribution is -0.149. The lowest BCUT2D eigenvalue weighted by Crippen LogP contribution is -2.43. The zero-order valence-electron chi connectivity index (χ0n) is 24.2. The maximum Gasteiger partial charge on any atom is 0.323 e. The molecule has 0 amide bonds. The summed E-state index contributed by atoms with van der Waals surface area (Å²) < 4.78 is 48.3. The average Bonchev–Trinajstić information content (AvgIpc) is 3.62. The van der Waals surface area contributed by atoms with Crippen LogP contribution in [-0.4, -0.2) is 64.1 Å². The van der Waals surface area contributed by atoms with Gasteiger partial charge in [0.2, 0.25) is 13.7 Å². The number of benzene rings is 1. The Labute approximate surface area is 259 Å². The fourth-order valence-corrected chi connectivity index (χ4v) is 8.09. The minimum absolute atomic E-state index is 0.0242. The minimum atomic E-state index is -3.19. The van der Waals surface area contributed by atoms with Crippen molar-refractivity contribution in [3.05, 3.63) is 58.2 Å². The zero-order valence-corrected chi connectivity index (χ0v) is 26.6. The number of nitrogens with zero attached hydrogens (tertiary/aromatic N) is 4. The normalized spacial score (nSPS) is 19.4. The third kappa shape index (κ3) is 6.84. The summed E-state index contributed by atoms with van der Waals surface area (Å²) in [7, 11) is -1.70. The first-order chi connectivity index (χ1) is 20.5. The number of hydrogen-bond acceptors (Lipinski definition) is 8. The van der Waals surface area contributed by atoms with Gasteiger partial charge in [-0.05, 0) is 51.8 Å². The number of pyridine rings is 1. The second-order valence-corrected chi connectivity index (χ2v) is 14.1. The fourth-order valence-electron chi connectivity index (χ4n) is 5.19. The van der Waals surface area contributed by atoms with E-state index in [-0.39, 0.29) is 28.5 Å². The van der Waals surface area contributed by atoms with Gasteiger partial charge in [0.15, 0.2) is 11.6 Å². The molecular formula is C28H34Cl2FN6O5P. The molecule has 1 fully saturated rings. The molecule has 4 heterocycles. The van der Waals surface area contributed by atoms with Gasteiger partial charge in [-0.3, -0.25) is 14.0 Å². The molecule has 1 unspecified atom stereocenters. The number of halogens is 3. The Bertz CT molecular complexity index is 1530. The molecule has 1 aromatic carbocycles. The first-order valence-electron chi connectivity index (χ1n) is 13.9. The number of methoxy groups -OCH3 is 1. The van der Waals surface area contributed by atoms with Crippen LogP contribution in [0, 0.1) is 5.82 Å². The fraction of sp³-hybridized carbons (Fsp3) is 0.464. The van der Waals surface area contributed by atoms with E-state index >= 15 is 0 Å². The first-order valence-corrected chi connectivity index (χ1v) is 16.5. The molecule has 0 spiro atoms. The maximum absolute atomic E-state index is 14.1. The second-order valence-electron chi connectivity index (χ2n) is 10.8. The van der Waals surface area contributed by atoms with E-state index in [1.165, 1.54) is 19.2 Å². The molecule has 0 radical (unpaired) electrons. The van der Waals surface area contributed by atoms with Crippen molar-refractivity contribution in [2.24, 2.45) is 0 Å². The van der Waals surface area contributed by atoms with E-state index in [1.807, 2.05) is 21.6 Å². The molecule has 2 aliphatic heterocycles. The molecule has 3 aromatic rings. The van der Waals surface area contributed by atoms with E-state index in [4.69, 9.17) is 37.4 Å². The van der Waals surface area contributed by atoms with E-state index in [0.29, 0.717) is 43.1 Å². The molecule has 1 saturated heterocycles. The van der Waals surface area contributed by atoms with Crippen molar-refractivity contribution in [3.8, 4) is 16.9 Å². The van der Waals surface area contributed by atoms with E-state index in [1.54, 1.807) is 33.2 Å². The number of anilines is 1. The number of esters is 1. The van der Waals surface area contributed by atoms with Crippen LogP contribution in [0.5, 0.6) is 5.75 Å². The number of hydrogen-bond donors (Lipinski definition) is 2. The van der Waals surface area contributed by atoms with Crippen molar-refractivity contribution >= 4 is 42.4 Å². The van der Waals surface area contributed by atoms with Crippen molar-refractivity contribution in [1.82, 2.24) is 24.5 Å². The van der Waals surface area contributed by atoms with E-state index in [2.05, 4.69) is 20.5 Å². The second kappa shape index (κ2) is 13.1. The van der Waals surface area contributed by atoms with Crippen molar-refractivity contribution in [1.29, 1.82) is 0 Å². The van der Waals surface area contributed by atoms with Gasteiger partial charge < -0.3 is 19.5 Å². The predicted octanol–water partition coefficient (Wildman–Crippen LogP) is 6.26. The summed E-state index contributed by atoms with van der Waals surface area (Å²) in [5.74, 6) is -0.0729. The molecule has 0 aliphatic carbocycles. The topological polar surface area (TPSA) is 120 Å². The minimum Gasteiger partial charge on any atom is -0.462 e. The monoisotopic (exact) mass is 654 g/mol. The molecule has 15 heteroatoms. The Kier molecular flexibility index (Phi) is 9.65. The predicted molar refractivity (Wildman–Crippen MR) is 162 cm³/mol. The van der Waals surface area contributed by atoms with Crippen molar-refractivity contribution in [2.75, 3.05) is 31.9 Å². The van der Waals surface area contributed by atoms with Crippen LogP contribution in [0.3, 0.4) is 0 Å². The van der Waals surface area contributed by atoms with Crippen LogP contribution in [0.1, 0.15) is 51.4 Å². The van der Waals surface area contributed by atoms with Crippen LogP contribution in [0.15, 0.2) is 36.8 Å². The van der Waals surface area contributed by atoms with Crippen LogP contribution in [0.25, 0.3) is 11.1 Å². The summed E-state index contributed by atoms with van der Waals surface area (Å²) in [5.41, 5.74) is 1.94. The molecular weight excluding hydrogens is 621 g/mol. The van der Waals surface area contributed by atoms with Crippen molar-refractivity contribution in [2.45, 2.75) is 58.0 Å². The molecule has 5 rings (SSSR count). The SMILES string of the molecule is COCP(=O)(N[C@@H](C)C(=O)OC(C)C)N1CCC(n2cc(-c3cnc4c(c3)O[C@@H](c3c(Cl)ccc(F)c3Cl)N4)cn2)CC1. The van der Waals surface area contributed by atoms with Gasteiger partial charge in [0.05, 0.1) is 34.0 Å². The van der Waals surface area contributed by atoms with Crippen molar-refractivity contribution in [3.63, 3.8) is 0 Å². The van der Waals surface area contributed by atoms with Gasteiger partial charge in [-0.1, -0.05) is 23.2 Å². The Morgan fingerprint density at radius 1 is 1.23 bits per heavy atom. The summed E-state index contributed by atoms with van der Waals surface area (Å²) >= 11 is 12.4. The van der Waals surface area contributed by atoms with Crippen LogP contribution >= 0.6 is 30.6 Å². The Balaban J connectivity index is 1.23. The molecule has 0 saturated carbocycles. The highest BCUT2D eigenvalue weighted by Crippen LogP contribution is 2.48. The number of ether oxygens (including phenoxy) is 3. The molecule has 2 aromatic heterocycles. The summed E-state index contributed by atoms with van der Waals surface area (Å²) in [4.78, 5) is 16.8. The smallest absolute Gasteiger partial charge is 0.323 e. The number of nitrogens with one attached hydrogen (secondary N) is 2. The van der Waals surface area contributed by atoms with Crippen LogP contribution in [-0.2, 0) is 18.8 Å². The van der Waals surface area contributed by atoms with Crippen LogP contribution < -0.4 is 15.1 Å². The lowest BCUT2D eigenvalue weighted by Gasteiger charge is -2.38. The van der Waals surface area contributed by atoms with Crippen LogP contribution in [0.4, 0.5) is 10.2 Å². The summed E-state index contributed by atoms with van der Waals surface area (Å²) in [5, 5.41) is 10.8. The highest BCUT2D eigenvalue weighted by molar-refractivity contribution is 7.59. The van der Waals surface area contributed by atoms with Gasteiger partial charge >= 0.3 is 5.97 Å². The molecule has 3 atom stereocenters. The average molecular weight is 655 g/mol. The van der Waals surface area contributed by atoms with Gasteiger partial charge in [-0.15, -0.1) is 0 Å². The van der Waals surface area contributed by atoms with E-state index < -0.39 is 31.5 Å². The van der Waals surface area contributed by atoms with Gasteiger partial charge in [-0.25, -0.2) is 19.1 Å². The van der Waals surface area contributed by atoms with Gasteiger partial charge in [0.25, 0.3) is 0 Å². The summed E-state index contributed by atoms with van der Waals surface area (Å²) in [6.45, 7) is 6.26. The lowest BCUT2D eigenvalue weighted by atomic mass is 10.1. The van der Waals surface area contributed by atoms with Gasteiger partial charge in [-0.2, -0.15) is 5.10 Å². The molecule has 43 heavy (non-hydrogen) atoms. The van der Waals surface area contributed by atoms with E-state index in [0.717, 1.165) is 11.1 Å². The number of carbonyl (C=O) groups is 1. The zero-order chi connectivity index (χ0) is 30.9. The molecule has 2 N–H and O–H groups in total. The highest BCUT2D eigenvalue weighted by atomic mass is 35.5. The number of fused-ring (bicyclic) bond motifs is 1. The Morgan fingerprint density at radius 2 is 1.98 bits per heavy atom. The van der Waals surface area contributed by atoms with Crippen molar-refractivity contribution < 1.29 is 28.0 Å². The molecule has 2 aliphatic rings. The van der Waals surface area contributed by atoms with Gasteiger partial charge in [0.1, 0.15) is 18.2 Å². The standard InChI is InChI=1S/C28H34Cl2FN6O5P/c1-16(2)41-28(38)17(3)35-43(39,15-40-4)36-9-7-20(8-10-36)37-14-19(13-33-37)18-11-23-26(32-12-18)34-27(42-23)24-21(29)5-6-22(31)25(24)30/h5-6,11-14,16-17,20,27H,7-10,15H2,1-4H3,(H,32,34)(H,35,39)/t17-,27-,43?/m0/s1. The maximum atomic E-state index is 14.1. The Hall–Kier alpha value is -2.73. The Morgan fingerprint density at radius 3 is 2.67 bits per heavy atom. The van der Waals surface area contributed by atoms with Gasteiger partial charge in [0, 0.05) is 43.7 Å². The third-order valence-electron chi connectivity index (χ3n) is 7.32. The largest absolute Gasteiger partial charge is 0.462 e. The number of rotatable bonds is 10. The third-order valence-corrected chi connectivity index (χ3v) is 10.7. The molecule has 0 bridgehead atoms. The number of aromatic nitrogens is 3. The molecule has 232 valence electrons. The van der Waals surface area contributed by atoms with E-state index in [9.17, 15) is 13.8 Å². The quantitative estimate of drug-likeness (QED) is 0.147. The summed E-state index contributed by atoms with van der Waals surface area (Å²) in [6, 6.07) is 3.81. The van der Waals surface area contributed by atoms with Crippen LogP contribution in [0.2, 0.25) is 10.0 Å². The number of piperidine rings is 1. The molecule has 11 nitrogen and oxygen atoms in total. The highest BCUT2D eigenvalue weighted by Gasteiger charge is 2.37. The summed E-state index contributed by atoms with van der Waals surface area (Å²) in [6.07, 6.45) is 5.74.